The molecule has 3 rings (SSSR count). The molecular weight excluding hydrogens is 352 g/mol. The highest BCUT2D eigenvalue weighted by atomic mass is 79.9. The van der Waals surface area contributed by atoms with E-state index < -0.39 is 10.0 Å². The molecule has 0 bridgehead atoms. The summed E-state index contributed by atoms with van der Waals surface area (Å²) >= 11 is 3.07. The molecule has 0 aliphatic carbocycles. The highest BCUT2D eigenvalue weighted by Crippen LogP contribution is 2.30. The van der Waals surface area contributed by atoms with Crippen molar-refractivity contribution in [2.45, 2.75) is 24.6 Å². The van der Waals surface area contributed by atoms with Crippen molar-refractivity contribution in [3.63, 3.8) is 0 Å². The second-order valence-electron chi connectivity index (χ2n) is 4.29. The number of fused-ring (bicyclic) bond motifs is 1. The van der Waals surface area contributed by atoms with Gasteiger partial charge in [-0.15, -0.1) is 10.2 Å². The summed E-state index contributed by atoms with van der Waals surface area (Å²) in [7, 11) is -3.70. The number of aliphatic hydroxyl groups is 1. The first-order valence-corrected chi connectivity index (χ1v) is 8.01. The lowest BCUT2D eigenvalue weighted by Crippen LogP contribution is -2.38. The maximum Gasteiger partial charge on any atom is 0.247 e. The van der Waals surface area contributed by atoms with Gasteiger partial charge in [0.15, 0.2) is 4.67 Å². The number of nitrogens with zero attached hydrogens (tertiary/aromatic N) is 4. The first-order valence-electron chi connectivity index (χ1n) is 5.78. The van der Waals surface area contributed by atoms with Gasteiger partial charge in [-0.05, 0) is 15.9 Å². The molecule has 0 saturated heterocycles. The van der Waals surface area contributed by atoms with Gasteiger partial charge < -0.3 is 14.1 Å². The molecule has 3 heterocycles. The Labute approximate surface area is 123 Å². The lowest BCUT2D eigenvalue weighted by Gasteiger charge is -2.25. The Hall–Kier alpha value is -1.23. The molecule has 0 saturated carbocycles. The zero-order chi connectivity index (χ0) is 14.3. The van der Waals surface area contributed by atoms with Crippen molar-refractivity contribution in [1.29, 1.82) is 0 Å². The Bertz CT molecular complexity index is 738. The zero-order valence-corrected chi connectivity index (χ0v) is 12.6. The van der Waals surface area contributed by atoms with Crippen molar-refractivity contribution in [3.05, 3.63) is 28.6 Å². The quantitative estimate of drug-likeness (QED) is 0.844. The van der Waals surface area contributed by atoms with E-state index in [1.165, 1.54) is 10.4 Å². The predicted octanol–water partition coefficient (Wildman–Crippen LogP) is 0.330. The second-order valence-corrected chi connectivity index (χ2v) is 6.91. The maximum absolute atomic E-state index is 12.6. The van der Waals surface area contributed by atoms with E-state index in [2.05, 4.69) is 26.1 Å². The molecule has 0 radical (unpaired) electrons. The maximum atomic E-state index is 12.6. The minimum absolute atomic E-state index is 0.00881. The van der Waals surface area contributed by atoms with Crippen molar-refractivity contribution in [1.82, 2.24) is 19.1 Å². The van der Waals surface area contributed by atoms with Crippen molar-refractivity contribution in [2.24, 2.45) is 0 Å². The van der Waals surface area contributed by atoms with E-state index in [-0.39, 0.29) is 28.5 Å². The van der Waals surface area contributed by atoms with Crippen molar-refractivity contribution in [2.75, 3.05) is 6.54 Å². The van der Waals surface area contributed by atoms with E-state index in [9.17, 15) is 8.42 Å². The number of sulfonamides is 1. The molecule has 1 N–H and O–H groups in total. The molecule has 0 spiro atoms. The van der Waals surface area contributed by atoms with Gasteiger partial charge >= 0.3 is 0 Å². The van der Waals surface area contributed by atoms with E-state index in [0.29, 0.717) is 18.9 Å². The molecule has 0 unspecified atom stereocenters. The molecule has 1 aliphatic heterocycles. The Morgan fingerprint density at radius 2 is 2.25 bits per heavy atom. The minimum atomic E-state index is -3.70. The minimum Gasteiger partial charge on any atom is -0.450 e. The summed E-state index contributed by atoms with van der Waals surface area (Å²) in [6, 6.07) is 1.32. The summed E-state index contributed by atoms with van der Waals surface area (Å²) in [5, 5.41) is 16.7. The standard InChI is InChI=1S/C10H11BrN4O4S/c11-10-8(3-7(5-16)19-10)20(17,18)15-2-1-14-6-12-13-9(14)4-15/h3,6,16H,1-2,4-5H2. The third-order valence-electron chi connectivity index (χ3n) is 3.08. The van der Waals surface area contributed by atoms with E-state index >= 15 is 0 Å². The van der Waals surface area contributed by atoms with Gasteiger partial charge in [0.2, 0.25) is 10.0 Å². The smallest absolute Gasteiger partial charge is 0.247 e. The highest BCUT2D eigenvalue weighted by Gasteiger charge is 2.32. The van der Waals surface area contributed by atoms with Crippen molar-refractivity contribution >= 4 is 26.0 Å². The topological polar surface area (TPSA) is 101 Å². The van der Waals surface area contributed by atoms with Gasteiger partial charge in [0.1, 0.15) is 29.4 Å². The van der Waals surface area contributed by atoms with Gasteiger partial charge in [0, 0.05) is 19.2 Å². The molecular formula is C10H11BrN4O4S. The van der Waals surface area contributed by atoms with Crippen LogP contribution in [0.25, 0.3) is 0 Å². The lowest BCUT2D eigenvalue weighted by atomic mass is 10.4. The third kappa shape index (κ3) is 2.18. The molecule has 2 aromatic rings. The van der Waals surface area contributed by atoms with Crippen LogP contribution in [0.3, 0.4) is 0 Å². The Balaban J connectivity index is 1.95. The van der Waals surface area contributed by atoms with Crippen LogP contribution in [-0.4, -0.2) is 39.1 Å². The van der Waals surface area contributed by atoms with Gasteiger partial charge in [-0.1, -0.05) is 0 Å². The summed E-state index contributed by atoms with van der Waals surface area (Å²) in [5.41, 5.74) is 0. The van der Waals surface area contributed by atoms with E-state index in [1.54, 1.807) is 6.33 Å². The molecule has 0 amide bonds. The fourth-order valence-corrected chi connectivity index (χ4v) is 4.39. The van der Waals surface area contributed by atoms with Gasteiger partial charge in [-0.2, -0.15) is 4.31 Å². The monoisotopic (exact) mass is 362 g/mol. The summed E-state index contributed by atoms with van der Waals surface area (Å²) in [6.45, 7) is 0.639. The Kier molecular flexibility index (Phi) is 3.40. The van der Waals surface area contributed by atoms with Gasteiger partial charge in [0.25, 0.3) is 0 Å². The van der Waals surface area contributed by atoms with Gasteiger partial charge in [0.05, 0.1) is 6.54 Å². The molecule has 10 heteroatoms. The lowest BCUT2D eigenvalue weighted by molar-refractivity contribution is 0.245. The van der Waals surface area contributed by atoms with Crippen LogP contribution < -0.4 is 0 Å². The second kappa shape index (κ2) is 4.95. The van der Waals surface area contributed by atoms with Crippen LogP contribution in [0.2, 0.25) is 0 Å². The molecule has 1 aliphatic rings. The molecule has 2 aromatic heterocycles. The number of aliphatic hydroxyl groups excluding tert-OH is 1. The molecule has 20 heavy (non-hydrogen) atoms. The van der Waals surface area contributed by atoms with Gasteiger partial charge in [-0.3, -0.25) is 0 Å². The highest BCUT2D eigenvalue weighted by molar-refractivity contribution is 9.10. The third-order valence-corrected chi connectivity index (χ3v) is 5.79. The number of hydrogen-bond acceptors (Lipinski definition) is 6. The van der Waals surface area contributed by atoms with Crippen LogP contribution in [0.4, 0.5) is 0 Å². The predicted molar refractivity (Wildman–Crippen MR) is 69.9 cm³/mol. The number of furan rings is 1. The summed E-state index contributed by atoms with van der Waals surface area (Å²) in [6.07, 6.45) is 1.58. The van der Waals surface area contributed by atoms with Crippen LogP contribution >= 0.6 is 15.9 Å². The van der Waals surface area contributed by atoms with Crippen molar-refractivity contribution < 1.29 is 17.9 Å². The average Bonchev–Trinajstić information content (AvgIpc) is 3.03. The average molecular weight is 363 g/mol. The fraction of sp³-hybridized carbons (Fsp3) is 0.400. The van der Waals surface area contributed by atoms with Crippen molar-refractivity contribution in [3.8, 4) is 0 Å². The summed E-state index contributed by atoms with van der Waals surface area (Å²) in [5.74, 6) is 0.789. The number of hydrogen-bond donors (Lipinski definition) is 1. The van der Waals surface area contributed by atoms with Crippen LogP contribution in [0.15, 0.2) is 26.4 Å². The van der Waals surface area contributed by atoms with Gasteiger partial charge in [-0.25, -0.2) is 8.42 Å². The Morgan fingerprint density at radius 3 is 2.95 bits per heavy atom. The number of aromatic nitrogens is 3. The number of halogens is 1. The molecule has 108 valence electrons. The van der Waals surface area contributed by atoms with Crippen LogP contribution in [0.1, 0.15) is 11.6 Å². The fourth-order valence-electron chi connectivity index (χ4n) is 2.04. The molecule has 0 fully saturated rings. The molecule has 8 nitrogen and oxygen atoms in total. The van der Waals surface area contributed by atoms with E-state index in [1.807, 2.05) is 4.57 Å². The van der Waals surface area contributed by atoms with E-state index in [4.69, 9.17) is 9.52 Å². The van der Waals surface area contributed by atoms with E-state index in [0.717, 1.165) is 0 Å². The normalized spacial score (nSPS) is 16.3. The van der Waals surface area contributed by atoms with Crippen LogP contribution in [0.5, 0.6) is 0 Å². The SMILES string of the molecule is O=S(=O)(c1cc(CO)oc1Br)N1CCn2cnnc2C1. The zero-order valence-electron chi connectivity index (χ0n) is 10.2. The first-order chi connectivity index (χ1) is 9.52. The molecule has 0 atom stereocenters. The first kappa shape index (κ1) is 13.7. The summed E-state index contributed by atoms with van der Waals surface area (Å²) in [4.78, 5) is 0.00881. The summed E-state index contributed by atoms with van der Waals surface area (Å²) < 4.78 is 33.5. The Morgan fingerprint density at radius 1 is 1.45 bits per heavy atom. The molecule has 0 aromatic carbocycles. The van der Waals surface area contributed by atoms with Crippen LogP contribution in [-0.2, 0) is 29.7 Å². The number of rotatable bonds is 3. The van der Waals surface area contributed by atoms with Crippen LogP contribution in [0, 0.1) is 0 Å². The largest absolute Gasteiger partial charge is 0.450 e.